The standard InChI is InChI=1S/C23H23Cl2N3O4.ClH/c1-31-23-12-16(5-8-22(23)32-15-17-3-2-4-18(24)11-17)14-26-9-10-27-21-7-6-19(28(29)30)13-20(21)25;/h2-8,11-13,26-27H,9-10,14-15H2,1H3;1H. The van der Waals surface area contributed by atoms with E-state index in [0.29, 0.717) is 53.5 Å². The van der Waals surface area contributed by atoms with Gasteiger partial charge in [0.05, 0.1) is 22.7 Å². The molecule has 0 aliphatic heterocycles. The average molecular weight is 513 g/mol. The van der Waals surface area contributed by atoms with E-state index in [9.17, 15) is 10.1 Å². The second-order valence-electron chi connectivity index (χ2n) is 6.93. The van der Waals surface area contributed by atoms with Crippen molar-refractivity contribution in [1.82, 2.24) is 5.32 Å². The zero-order valence-corrected chi connectivity index (χ0v) is 20.2. The molecular weight excluding hydrogens is 489 g/mol. The lowest BCUT2D eigenvalue weighted by molar-refractivity contribution is -0.384. The second kappa shape index (κ2) is 13.1. The molecule has 0 aliphatic carbocycles. The molecule has 2 N–H and O–H groups in total. The highest BCUT2D eigenvalue weighted by atomic mass is 35.5. The Morgan fingerprint density at radius 1 is 0.970 bits per heavy atom. The third-order valence-corrected chi connectivity index (χ3v) is 5.17. The topological polar surface area (TPSA) is 85.7 Å². The van der Waals surface area contributed by atoms with Gasteiger partial charge in [-0.1, -0.05) is 41.4 Å². The first-order valence-corrected chi connectivity index (χ1v) is 10.6. The minimum atomic E-state index is -0.473. The summed E-state index contributed by atoms with van der Waals surface area (Å²) in [4.78, 5) is 10.3. The Kier molecular flexibility index (Phi) is 10.5. The van der Waals surface area contributed by atoms with Gasteiger partial charge in [0.2, 0.25) is 0 Å². The number of benzene rings is 3. The van der Waals surface area contributed by atoms with Gasteiger partial charge in [-0.3, -0.25) is 10.1 Å². The maximum absolute atomic E-state index is 10.8. The van der Waals surface area contributed by atoms with Crippen LogP contribution in [0.25, 0.3) is 0 Å². The van der Waals surface area contributed by atoms with Gasteiger partial charge in [0.15, 0.2) is 11.5 Å². The first kappa shape index (κ1) is 26.5. The quantitative estimate of drug-likeness (QED) is 0.183. The van der Waals surface area contributed by atoms with E-state index in [1.807, 2.05) is 42.5 Å². The molecule has 0 aromatic heterocycles. The van der Waals surface area contributed by atoms with E-state index in [-0.39, 0.29) is 18.1 Å². The Morgan fingerprint density at radius 3 is 2.48 bits per heavy atom. The normalized spacial score (nSPS) is 10.3. The predicted octanol–water partition coefficient (Wildman–Crippen LogP) is 6.11. The van der Waals surface area contributed by atoms with Crippen molar-refractivity contribution in [2.75, 3.05) is 25.5 Å². The Labute approximate surface area is 208 Å². The predicted molar refractivity (Wildman–Crippen MR) is 134 cm³/mol. The highest BCUT2D eigenvalue weighted by Gasteiger charge is 2.09. The van der Waals surface area contributed by atoms with Crippen LogP contribution in [0, 0.1) is 10.1 Å². The molecule has 0 amide bonds. The molecule has 0 aliphatic rings. The molecule has 176 valence electrons. The van der Waals surface area contributed by atoms with Gasteiger partial charge >= 0.3 is 0 Å². The first-order chi connectivity index (χ1) is 15.5. The van der Waals surface area contributed by atoms with Crippen molar-refractivity contribution in [3.05, 3.63) is 92.0 Å². The molecule has 0 atom stereocenters. The van der Waals surface area contributed by atoms with E-state index < -0.39 is 4.92 Å². The zero-order chi connectivity index (χ0) is 22.9. The summed E-state index contributed by atoms with van der Waals surface area (Å²) in [6, 6.07) is 17.7. The lowest BCUT2D eigenvalue weighted by Crippen LogP contribution is -2.21. The summed E-state index contributed by atoms with van der Waals surface area (Å²) < 4.78 is 11.4. The van der Waals surface area contributed by atoms with Crippen molar-refractivity contribution in [3.63, 3.8) is 0 Å². The van der Waals surface area contributed by atoms with Crippen molar-refractivity contribution in [1.29, 1.82) is 0 Å². The number of halogens is 3. The van der Waals surface area contributed by atoms with E-state index in [1.54, 1.807) is 13.2 Å². The number of methoxy groups -OCH3 is 1. The molecule has 7 nitrogen and oxygen atoms in total. The van der Waals surface area contributed by atoms with Gasteiger partial charge in [0.25, 0.3) is 5.69 Å². The molecule has 3 aromatic carbocycles. The number of nitrogens with one attached hydrogen (secondary N) is 2. The van der Waals surface area contributed by atoms with Crippen LogP contribution >= 0.6 is 35.6 Å². The number of rotatable bonds is 11. The van der Waals surface area contributed by atoms with Crippen LogP contribution < -0.4 is 20.1 Å². The Balaban J connectivity index is 0.00000385. The molecule has 0 saturated heterocycles. The molecule has 0 radical (unpaired) electrons. The summed E-state index contributed by atoms with van der Waals surface area (Å²) in [6.45, 7) is 2.31. The summed E-state index contributed by atoms with van der Waals surface area (Å²) in [5.41, 5.74) is 2.64. The lowest BCUT2D eigenvalue weighted by atomic mass is 10.2. The van der Waals surface area contributed by atoms with Crippen molar-refractivity contribution < 1.29 is 14.4 Å². The fourth-order valence-corrected chi connectivity index (χ4v) is 3.46. The van der Waals surface area contributed by atoms with Crippen molar-refractivity contribution in [2.24, 2.45) is 0 Å². The van der Waals surface area contributed by atoms with Gasteiger partial charge in [-0.05, 0) is 41.5 Å². The molecule has 0 saturated carbocycles. The number of ether oxygens (including phenoxy) is 2. The maximum atomic E-state index is 10.8. The molecule has 10 heteroatoms. The zero-order valence-electron chi connectivity index (χ0n) is 17.8. The van der Waals surface area contributed by atoms with E-state index in [4.69, 9.17) is 32.7 Å². The van der Waals surface area contributed by atoms with Crippen LogP contribution in [0.3, 0.4) is 0 Å². The molecule has 3 aromatic rings. The van der Waals surface area contributed by atoms with E-state index in [0.717, 1.165) is 11.1 Å². The Morgan fingerprint density at radius 2 is 1.79 bits per heavy atom. The number of hydrogen-bond donors (Lipinski definition) is 2. The molecule has 33 heavy (non-hydrogen) atoms. The van der Waals surface area contributed by atoms with Crippen LogP contribution in [-0.2, 0) is 13.2 Å². The van der Waals surface area contributed by atoms with Crippen LogP contribution in [0.4, 0.5) is 11.4 Å². The highest BCUT2D eigenvalue weighted by molar-refractivity contribution is 6.33. The summed E-state index contributed by atoms with van der Waals surface area (Å²) in [6.07, 6.45) is 0. The Bertz CT molecular complexity index is 1080. The van der Waals surface area contributed by atoms with Crippen LogP contribution in [0.1, 0.15) is 11.1 Å². The van der Waals surface area contributed by atoms with Gasteiger partial charge in [-0.2, -0.15) is 0 Å². The average Bonchev–Trinajstić information content (AvgIpc) is 2.78. The SMILES string of the molecule is COc1cc(CNCCNc2ccc([N+](=O)[O-])cc2Cl)ccc1OCc1cccc(Cl)c1.Cl. The lowest BCUT2D eigenvalue weighted by Gasteiger charge is -2.13. The van der Waals surface area contributed by atoms with Gasteiger partial charge in [-0.15, -0.1) is 12.4 Å². The van der Waals surface area contributed by atoms with Gasteiger partial charge < -0.3 is 20.1 Å². The molecular formula is C23H24Cl3N3O4. The van der Waals surface area contributed by atoms with Crippen LogP contribution in [-0.4, -0.2) is 25.1 Å². The molecule has 0 unspecified atom stereocenters. The highest BCUT2D eigenvalue weighted by Crippen LogP contribution is 2.29. The molecule has 0 bridgehead atoms. The largest absolute Gasteiger partial charge is 0.493 e. The third kappa shape index (κ3) is 7.98. The van der Waals surface area contributed by atoms with Gasteiger partial charge in [-0.25, -0.2) is 0 Å². The van der Waals surface area contributed by atoms with Crippen LogP contribution in [0.2, 0.25) is 10.0 Å². The molecule has 0 heterocycles. The number of nitro benzene ring substituents is 1. The Hall–Kier alpha value is -2.71. The van der Waals surface area contributed by atoms with Crippen LogP contribution in [0.15, 0.2) is 60.7 Å². The number of nitro groups is 1. The number of non-ortho nitro benzene ring substituents is 1. The second-order valence-corrected chi connectivity index (χ2v) is 7.77. The smallest absolute Gasteiger partial charge is 0.271 e. The van der Waals surface area contributed by atoms with E-state index >= 15 is 0 Å². The minimum Gasteiger partial charge on any atom is -0.493 e. The summed E-state index contributed by atoms with van der Waals surface area (Å²) in [7, 11) is 1.61. The third-order valence-electron chi connectivity index (χ3n) is 4.62. The minimum absolute atomic E-state index is 0. The van der Waals surface area contributed by atoms with Crippen molar-refractivity contribution in [2.45, 2.75) is 13.2 Å². The van der Waals surface area contributed by atoms with Crippen molar-refractivity contribution >= 4 is 47.0 Å². The number of hydrogen-bond acceptors (Lipinski definition) is 6. The van der Waals surface area contributed by atoms with Gasteiger partial charge in [0.1, 0.15) is 6.61 Å². The van der Waals surface area contributed by atoms with E-state index in [1.165, 1.54) is 12.1 Å². The molecule has 0 spiro atoms. The number of anilines is 1. The molecule has 3 rings (SSSR count). The first-order valence-electron chi connectivity index (χ1n) is 9.89. The summed E-state index contributed by atoms with van der Waals surface area (Å²) in [5.74, 6) is 1.31. The summed E-state index contributed by atoms with van der Waals surface area (Å²) >= 11 is 12.1. The molecule has 0 fully saturated rings. The van der Waals surface area contributed by atoms with E-state index in [2.05, 4.69) is 10.6 Å². The van der Waals surface area contributed by atoms with Gasteiger partial charge in [0, 0.05) is 36.8 Å². The number of nitrogens with zero attached hydrogens (tertiary/aromatic N) is 1. The monoisotopic (exact) mass is 511 g/mol. The van der Waals surface area contributed by atoms with Crippen molar-refractivity contribution in [3.8, 4) is 11.5 Å². The fraction of sp³-hybridized carbons (Fsp3) is 0.217. The fourth-order valence-electron chi connectivity index (χ4n) is 3.01. The summed E-state index contributed by atoms with van der Waals surface area (Å²) in [5, 5.41) is 18.3. The maximum Gasteiger partial charge on any atom is 0.271 e. The van der Waals surface area contributed by atoms with Crippen LogP contribution in [0.5, 0.6) is 11.5 Å².